The lowest BCUT2D eigenvalue weighted by atomic mass is 10.3. The molecule has 0 aliphatic rings. The summed E-state index contributed by atoms with van der Waals surface area (Å²) in [5, 5.41) is 7.23. The number of rotatable bonds is 6. The summed E-state index contributed by atoms with van der Waals surface area (Å²) in [6, 6.07) is 15.0. The topological polar surface area (TPSA) is 73.5 Å². The summed E-state index contributed by atoms with van der Waals surface area (Å²) in [5.74, 6) is 0.571. The normalized spacial score (nSPS) is 10.9. The molecule has 3 aromatic heterocycles. The summed E-state index contributed by atoms with van der Waals surface area (Å²) in [4.78, 5) is 16.8. The predicted octanol–water partition coefficient (Wildman–Crippen LogP) is 2.50. The number of carbonyl (C=O) groups is 1. The Balaban J connectivity index is 1.36. The van der Waals surface area contributed by atoms with Gasteiger partial charge >= 0.3 is 0 Å². The summed E-state index contributed by atoms with van der Waals surface area (Å²) in [6.07, 6.45) is 6.35. The highest BCUT2D eigenvalue weighted by atomic mass is 16.5. The summed E-state index contributed by atoms with van der Waals surface area (Å²) < 4.78 is 8.78. The molecule has 0 unspecified atom stereocenters. The monoisotopic (exact) mass is 361 g/mol. The van der Waals surface area contributed by atoms with Crippen LogP contribution < -0.4 is 10.1 Å². The first-order valence-corrected chi connectivity index (χ1v) is 8.64. The van der Waals surface area contributed by atoms with Gasteiger partial charge in [0, 0.05) is 31.6 Å². The second kappa shape index (κ2) is 7.33. The Hall–Kier alpha value is -3.61. The van der Waals surface area contributed by atoms with E-state index in [1.54, 1.807) is 24.1 Å². The van der Waals surface area contributed by atoms with Crippen molar-refractivity contribution >= 4 is 11.6 Å². The SMILES string of the molecule is COc1ccc(-n2ccc(C(=O)NCCc3cn4ccccc4n3)n2)cc1. The smallest absolute Gasteiger partial charge is 0.271 e. The standard InChI is InChI=1S/C20H19N5O2/c1-27-17-7-5-16(6-8-17)25-13-10-18(23-25)20(26)21-11-9-15-14-24-12-3-2-4-19(24)22-15/h2-8,10,12-14H,9,11H2,1H3,(H,21,26). The van der Waals surface area contributed by atoms with Crippen molar-refractivity contribution in [1.82, 2.24) is 24.5 Å². The number of benzene rings is 1. The van der Waals surface area contributed by atoms with Crippen LogP contribution in [0, 0.1) is 0 Å². The van der Waals surface area contributed by atoms with Gasteiger partial charge in [0.2, 0.25) is 0 Å². The largest absolute Gasteiger partial charge is 0.497 e. The fourth-order valence-electron chi connectivity index (χ4n) is 2.83. The number of hydrogen-bond donors (Lipinski definition) is 1. The molecule has 0 fully saturated rings. The van der Waals surface area contributed by atoms with Crippen molar-refractivity contribution in [2.75, 3.05) is 13.7 Å². The van der Waals surface area contributed by atoms with E-state index in [0.717, 1.165) is 22.8 Å². The molecule has 1 N–H and O–H groups in total. The fourth-order valence-corrected chi connectivity index (χ4v) is 2.83. The van der Waals surface area contributed by atoms with Crippen LogP contribution >= 0.6 is 0 Å². The van der Waals surface area contributed by atoms with Crippen LogP contribution in [0.25, 0.3) is 11.3 Å². The van der Waals surface area contributed by atoms with Gasteiger partial charge < -0.3 is 14.5 Å². The van der Waals surface area contributed by atoms with E-state index in [1.807, 2.05) is 59.3 Å². The summed E-state index contributed by atoms with van der Waals surface area (Å²) in [6.45, 7) is 0.498. The molecule has 0 spiro atoms. The molecule has 1 aromatic carbocycles. The molecule has 0 aliphatic carbocycles. The zero-order valence-electron chi connectivity index (χ0n) is 14.9. The van der Waals surface area contributed by atoms with Crippen LogP contribution in [0.15, 0.2) is 67.1 Å². The minimum atomic E-state index is -0.203. The molecule has 1 amide bonds. The molecule has 0 atom stereocenters. The number of nitrogens with one attached hydrogen (secondary N) is 1. The Morgan fingerprint density at radius 1 is 1.11 bits per heavy atom. The number of nitrogens with zero attached hydrogens (tertiary/aromatic N) is 4. The van der Waals surface area contributed by atoms with Gasteiger partial charge in [-0.15, -0.1) is 0 Å². The van der Waals surface area contributed by atoms with Crippen LogP contribution in [0.4, 0.5) is 0 Å². The maximum Gasteiger partial charge on any atom is 0.271 e. The molecular weight excluding hydrogens is 342 g/mol. The molecule has 3 heterocycles. The number of hydrogen-bond acceptors (Lipinski definition) is 4. The first-order valence-electron chi connectivity index (χ1n) is 8.64. The van der Waals surface area contributed by atoms with Gasteiger partial charge in [-0.3, -0.25) is 4.79 Å². The number of fused-ring (bicyclic) bond motifs is 1. The molecule has 0 saturated carbocycles. The average Bonchev–Trinajstić information content (AvgIpc) is 3.35. The molecule has 7 nitrogen and oxygen atoms in total. The molecule has 0 saturated heterocycles. The minimum absolute atomic E-state index is 0.203. The first kappa shape index (κ1) is 16.8. The molecule has 0 radical (unpaired) electrons. The minimum Gasteiger partial charge on any atom is -0.497 e. The van der Waals surface area contributed by atoms with E-state index in [0.29, 0.717) is 18.7 Å². The van der Waals surface area contributed by atoms with Crippen LogP contribution in [0.5, 0.6) is 5.75 Å². The molecule has 7 heteroatoms. The molecule has 136 valence electrons. The van der Waals surface area contributed by atoms with E-state index in [1.165, 1.54) is 0 Å². The third-order valence-electron chi connectivity index (χ3n) is 4.24. The first-order chi connectivity index (χ1) is 13.2. The van der Waals surface area contributed by atoms with Crippen molar-refractivity contribution in [1.29, 1.82) is 0 Å². The number of methoxy groups -OCH3 is 1. The van der Waals surface area contributed by atoms with Crippen molar-refractivity contribution in [3.05, 3.63) is 78.5 Å². The van der Waals surface area contributed by atoms with Gasteiger partial charge in [-0.2, -0.15) is 5.10 Å². The van der Waals surface area contributed by atoms with Crippen molar-refractivity contribution in [2.24, 2.45) is 0 Å². The van der Waals surface area contributed by atoms with Gasteiger partial charge in [0.05, 0.1) is 18.5 Å². The molecular formula is C20H19N5O2. The Labute approximate surface area is 156 Å². The number of imidazole rings is 1. The van der Waals surface area contributed by atoms with Gasteiger partial charge in [0.1, 0.15) is 11.4 Å². The fraction of sp³-hybridized carbons (Fsp3) is 0.150. The molecule has 0 bridgehead atoms. The lowest BCUT2D eigenvalue weighted by molar-refractivity contribution is 0.0948. The quantitative estimate of drug-likeness (QED) is 0.573. The Kier molecular flexibility index (Phi) is 4.57. The van der Waals surface area contributed by atoms with Gasteiger partial charge in [-0.1, -0.05) is 6.07 Å². The lowest BCUT2D eigenvalue weighted by Gasteiger charge is -2.04. The van der Waals surface area contributed by atoms with Gasteiger partial charge in [0.15, 0.2) is 5.69 Å². The maximum atomic E-state index is 12.3. The molecule has 4 rings (SSSR count). The van der Waals surface area contributed by atoms with Crippen molar-refractivity contribution in [3.8, 4) is 11.4 Å². The van der Waals surface area contributed by atoms with E-state index >= 15 is 0 Å². The van der Waals surface area contributed by atoms with Crippen LogP contribution in [-0.2, 0) is 6.42 Å². The van der Waals surface area contributed by atoms with Gasteiger partial charge in [0.25, 0.3) is 5.91 Å². The van der Waals surface area contributed by atoms with Crippen molar-refractivity contribution in [3.63, 3.8) is 0 Å². The number of carbonyl (C=O) groups excluding carboxylic acids is 1. The Morgan fingerprint density at radius 2 is 1.96 bits per heavy atom. The summed E-state index contributed by atoms with van der Waals surface area (Å²) in [7, 11) is 1.62. The Bertz CT molecular complexity index is 1030. The van der Waals surface area contributed by atoms with E-state index in [9.17, 15) is 4.79 Å². The van der Waals surface area contributed by atoms with E-state index in [-0.39, 0.29) is 5.91 Å². The van der Waals surface area contributed by atoms with E-state index in [4.69, 9.17) is 4.74 Å². The average molecular weight is 361 g/mol. The summed E-state index contributed by atoms with van der Waals surface area (Å²) >= 11 is 0. The molecule has 4 aromatic rings. The second-order valence-electron chi connectivity index (χ2n) is 6.05. The summed E-state index contributed by atoms with van der Waals surface area (Å²) in [5.41, 5.74) is 3.07. The van der Waals surface area contributed by atoms with Crippen molar-refractivity contribution in [2.45, 2.75) is 6.42 Å². The zero-order valence-corrected chi connectivity index (χ0v) is 14.9. The number of aromatic nitrogens is 4. The highest BCUT2D eigenvalue weighted by Gasteiger charge is 2.10. The maximum absolute atomic E-state index is 12.3. The third-order valence-corrected chi connectivity index (χ3v) is 4.24. The second-order valence-corrected chi connectivity index (χ2v) is 6.05. The van der Waals surface area contributed by atoms with E-state index < -0.39 is 0 Å². The molecule has 0 aliphatic heterocycles. The van der Waals surface area contributed by atoms with Gasteiger partial charge in [-0.05, 0) is 42.5 Å². The number of amides is 1. The van der Waals surface area contributed by atoms with E-state index in [2.05, 4.69) is 15.4 Å². The van der Waals surface area contributed by atoms with Crippen LogP contribution in [0.3, 0.4) is 0 Å². The zero-order chi connectivity index (χ0) is 18.6. The lowest BCUT2D eigenvalue weighted by Crippen LogP contribution is -2.26. The number of pyridine rings is 1. The highest BCUT2D eigenvalue weighted by Crippen LogP contribution is 2.14. The van der Waals surface area contributed by atoms with Crippen LogP contribution in [-0.4, -0.2) is 38.7 Å². The third kappa shape index (κ3) is 3.67. The predicted molar refractivity (Wildman–Crippen MR) is 101 cm³/mol. The highest BCUT2D eigenvalue weighted by molar-refractivity contribution is 5.92. The molecule has 27 heavy (non-hydrogen) atoms. The van der Waals surface area contributed by atoms with Crippen molar-refractivity contribution < 1.29 is 9.53 Å². The Morgan fingerprint density at radius 3 is 2.74 bits per heavy atom. The van der Waals surface area contributed by atoms with Crippen LogP contribution in [0.1, 0.15) is 16.2 Å². The van der Waals surface area contributed by atoms with Gasteiger partial charge in [-0.25, -0.2) is 9.67 Å². The number of ether oxygens (including phenoxy) is 1. The van der Waals surface area contributed by atoms with Crippen LogP contribution in [0.2, 0.25) is 0 Å².